The van der Waals surface area contributed by atoms with Gasteiger partial charge in [0, 0.05) is 19.7 Å². The third kappa shape index (κ3) is 5.58. The van der Waals surface area contributed by atoms with Gasteiger partial charge in [-0.25, -0.2) is 0 Å². The Hall–Kier alpha value is -1.12. The number of hydrogen-bond donors (Lipinski definition) is 2. The molecule has 1 saturated carbocycles. The summed E-state index contributed by atoms with van der Waals surface area (Å²) in [7, 11) is 1.61. The van der Waals surface area contributed by atoms with Gasteiger partial charge in [-0.2, -0.15) is 5.26 Å². The van der Waals surface area contributed by atoms with Gasteiger partial charge in [0.1, 0.15) is 0 Å². The highest BCUT2D eigenvalue weighted by Gasteiger charge is 2.26. The average Bonchev–Trinajstić information content (AvgIpc) is 2.63. The number of nitriles is 1. The van der Waals surface area contributed by atoms with Gasteiger partial charge < -0.3 is 15.4 Å². The molecular formula is C14H25N3O2. The van der Waals surface area contributed by atoms with Gasteiger partial charge in [-0.05, 0) is 19.8 Å². The fraction of sp³-hybridized carbons (Fsp3) is 0.857. The summed E-state index contributed by atoms with van der Waals surface area (Å²) in [6, 6.07) is 2.24. The first-order valence-electron chi connectivity index (χ1n) is 7.11. The predicted molar refractivity (Wildman–Crippen MR) is 73.5 cm³/mol. The average molecular weight is 267 g/mol. The zero-order valence-electron chi connectivity index (χ0n) is 11.9. The van der Waals surface area contributed by atoms with E-state index in [0.717, 1.165) is 25.7 Å². The minimum Gasteiger partial charge on any atom is -0.383 e. The van der Waals surface area contributed by atoms with Crippen LogP contribution in [0, 0.1) is 17.2 Å². The smallest absolute Gasteiger partial charge is 0.236 e. The molecule has 1 amide bonds. The van der Waals surface area contributed by atoms with E-state index in [1.54, 1.807) is 7.11 Å². The van der Waals surface area contributed by atoms with Crippen LogP contribution in [0.2, 0.25) is 0 Å². The SMILES string of the molecule is COCCNC(=O)C(C)NC1CCCCCC1C#N. The Morgan fingerprint density at radius 2 is 2.16 bits per heavy atom. The molecule has 0 radical (unpaired) electrons. The lowest BCUT2D eigenvalue weighted by Gasteiger charge is -2.24. The van der Waals surface area contributed by atoms with Crippen LogP contribution in [0.3, 0.4) is 0 Å². The molecule has 1 fully saturated rings. The molecule has 0 saturated heterocycles. The standard InChI is InChI=1S/C14H25N3O2/c1-11(14(18)16-8-9-19-2)17-13-7-5-3-4-6-12(13)10-15/h11-13,17H,3-9H2,1-2H3,(H,16,18). The highest BCUT2D eigenvalue weighted by Crippen LogP contribution is 2.23. The van der Waals surface area contributed by atoms with Gasteiger partial charge in [0.25, 0.3) is 0 Å². The van der Waals surface area contributed by atoms with Crippen molar-refractivity contribution in [1.82, 2.24) is 10.6 Å². The number of nitrogens with zero attached hydrogens (tertiary/aromatic N) is 1. The number of carbonyl (C=O) groups excluding carboxylic acids is 1. The number of methoxy groups -OCH3 is 1. The number of carbonyl (C=O) groups is 1. The van der Waals surface area contributed by atoms with Crippen molar-refractivity contribution in [2.75, 3.05) is 20.3 Å². The van der Waals surface area contributed by atoms with E-state index in [2.05, 4.69) is 16.7 Å². The van der Waals surface area contributed by atoms with E-state index < -0.39 is 0 Å². The lowest BCUT2D eigenvalue weighted by molar-refractivity contribution is -0.123. The molecule has 2 N–H and O–H groups in total. The molecule has 0 spiro atoms. The van der Waals surface area contributed by atoms with Crippen molar-refractivity contribution < 1.29 is 9.53 Å². The molecule has 0 aromatic carbocycles. The van der Waals surface area contributed by atoms with E-state index >= 15 is 0 Å². The summed E-state index contributed by atoms with van der Waals surface area (Å²) in [6.07, 6.45) is 5.35. The molecule has 1 aliphatic rings. The Morgan fingerprint density at radius 1 is 1.42 bits per heavy atom. The van der Waals surface area contributed by atoms with E-state index in [1.807, 2.05) is 6.92 Å². The van der Waals surface area contributed by atoms with Gasteiger partial charge in [0.15, 0.2) is 0 Å². The van der Waals surface area contributed by atoms with Gasteiger partial charge in [-0.15, -0.1) is 0 Å². The molecule has 108 valence electrons. The first kappa shape index (κ1) is 15.9. The van der Waals surface area contributed by atoms with Crippen LogP contribution in [-0.2, 0) is 9.53 Å². The maximum Gasteiger partial charge on any atom is 0.236 e. The van der Waals surface area contributed by atoms with Crippen LogP contribution in [0.4, 0.5) is 0 Å². The first-order chi connectivity index (χ1) is 9.19. The molecule has 0 aliphatic heterocycles. The molecule has 3 unspecified atom stereocenters. The molecule has 1 aliphatic carbocycles. The second-order valence-electron chi connectivity index (χ2n) is 5.15. The summed E-state index contributed by atoms with van der Waals surface area (Å²) in [5.74, 6) is -0.00490. The quantitative estimate of drug-likeness (QED) is 0.560. The van der Waals surface area contributed by atoms with Crippen molar-refractivity contribution in [2.24, 2.45) is 5.92 Å². The Morgan fingerprint density at radius 3 is 2.84 bits per heavy atom. The van der Waals surface area contributed by atoms with Crippen molar-refractivity contribution in [1.29, 1.82) is 5.26 Å². The lowest BCUT2D eigenvalue weighted by Crippen LogP contribution is -2.49. The van der Waals surface area contributed by atoms with Crippen LogP contribution in [0.25, 0.3) is 0 Å². The second kappa shape index (κ2) is 8.89. The molecule has 5 heteroatoms. The molecule has 0 heterocycles. The zero-order valence-corrected chi connectivity index (χ0v) is 11.9. The topological polar surface area (TPSA) is 74.2 Å². The second-order valence-corrected chi connectivity index (χ2v) is 5.15. The van der Waals surface area contributed by atoms with Crippen molar-refractivity contribution in [3.63, 3.8) is 0 Å². The molecule has 1 rings (SSSR count). The van der Waals surface area contributed by atoms with Crippen LogP contribution >= 0.6 is 0 Å². The number of amides is 1. The van der Waals surface area contributed by atoms with Gasteiger partial charge in [0.2, 0.25) is 5.91 Å². The first-order valence-corrected chi connectivity index (χ1v) is 7.11. The van der Waals surface area contributed by atoms with Crippen LogP contribution in [0.5, 0.6) is 0 Å². The van der Waals surface area contributed by atoms with Gasteiger partial charge in [-0.3, -0.25) is 4.79 Å². The van der Waals surface area contributed by atoms with E-state index in [9.17, 15) is 10.1 Å². The number of hydrogen-bond acceptors (Lipinski definition) is 4. The zero-order chi connectivity index (χ0) is 14.1. The van der Waals surface area contributed by atoms with Crippen molar-refractivity contribution in [3.05, 3.63) is 0 Å². The maximum atomic E-state index is 11.9. The summed E-state index contributed by atoms with van der Waals surface area (Å²) in [5.41, 5.74) is 0. The van der Waals surface area contributed by atoms with Gasteiger partial charge >= 0.3 is 0 Å². The highest BCUT2D eigenvalue weighted by atomic mass is 16.5. The van der Waals surface area contributed by atoms with Gasteiger partial charge in [0.05, 0.1) is 24.6 Å². The van der Waals surface area contributed by atoms with Crippen molar-refractivity contribution in [2.45, 2.75) is 51.1 Å². The molecule has 0 aromatic heterocycles. The largest absolute Gasteiger partial charge is 0.383 e. The maximum absolute atomic E-state index is 11.9. The van der Waals surface area contributed by atoms with E-state index in [4.69, 9.17) is 4.74 Å². The number of nitrogens with one attached hydrogen (secondary N) is 2. The Balaban J connectivity index is 2.42. The minimum atomic E-state index is -0.268. The predicted octanol–water partition coefficient (Wildman–Crippen LogP) is 1.20. The molecule has 19 heavy (non-hydrogen) atoms. The van der Waals surface area contributed by atoms with Crippen molar-refractivity contribution >= 4 is 5.91 Å². The molecule has 3 atom stereocenters. The van der Waals surface area contributed by atoms with Crippen LogP contribution < -0.4 is 10.6 Å². The Kier molecular flexibility index (Phi) is 7.46. The van der Waals surface area contributed by atoms with Gasteiger partial charge in [-0.1, -0.05) is 19.3 Å². The Bertz CT molecular complexity index is 314. The fourth-order valence-corrected chi connectivity index (χ4v) is 2.49. The third-order valence-corrected chi connectivity index (χ3v) is 3.64. The van der Waals surface area contributed by atoms with E-state index in [0.29, 0.717) is 13.2 Å². The monoisotopic (exact) mass is 267 g/mol. The summed E-state index contributed by atoms with van der Waals surface area (Å²) in [5, 5.41) is 15.3. The van der Waals surface area contributed by atoms with E-state index in [1.165, 1.54) is 6.42 Å². The fourth-order valence-electron chi connectivity index (χ4n) is 2.49. The summed E-state index contributed by atoms with van der Waals surface area (Å²) in [6.45, 7) is 2.89. The van der Waals surface area contributed by atoms with E-state index in [-0.39, 0.29) is 23.9 Å². The van der Waals surface area contributed by atoms with Crippen molar-refractivity contribution in [3.8, 4) is 6.07 Å². The third-order valence-electron chi connectivity index (χ3n) is 3.64. The lowest BCUT2D eigenvalue weighted by atomic mass is 9.95. The molecular weight excluding hydrogens is 242 g/mol. The normalized spacial score (nSPS) is 25.1. The molecule has 0 bridgehead atoms. The van der Waals surface area contributed by atoms with Crippen LogP contribution in [0.1, 0.15) is 39.0 Å². The van der Waals surface area contributed by atoms with Crippen LogP contribution in [-0.4, -0.2) is 38.3 Å². The number of rotatable bonds is 6. The Labute approximate surface area is 115 Å². The molecule has 0 aromatic rings. The molecule has 5 nitrogen and oxygen atoms in total. The summed E-state index contributed by atoms with van der Waals surface area (Å²) in [4.78, 5) is 11.9. The minimum absolute atomic E-state index is 0.0247. The number of ether oxygens (including phenoxy) is 1. The highest BCUT2D eigenvalue weighted by molar-refractivity contribution is 5.81. The van der Waals surface area contributed by atoms with Crippen LogP contribution in [0.15, 0.2) is 0 Å². The summed E-state index contributed by atoms with van der Waals surface area (Å²) >= 11 is 0. The summed E-state index contributed by atoms with van der Waals surface area (Å²) < 4.78 is 4.89.